The summed E-state index contributed by atoms with van der Waals surface area (Å²) in [7, 11) is -0.302. The normalized spacial score (nSPS) is 28.5. The first-order valence-corrected chi connectivity index (χ1v) is 9.40. The van der Waals surface area contributed by atoms with Gasteiger partial charge in [0.15, 0.2) is 0 Å². The van der Waals surface area contributed by atoms with E-state index < -0.39 is 5.60 Å². The smallest absolute Gasteiger partial charge is 0.444 e. The zero-order valence-electron chi connectivity index (χ0n) is 16.8. The number of hydrogen-bond donors (Lipinski definition) is 0. The maximum atomic E-state index is 12.5. The second-order valence-electron chi connectivity index (χ2n) is 9.73. The Morgan fingerprint density at radius 3 is 2.20 bits per heavy atom. The number of likely N-dealkylation sites (tertiary alicyclic amines) is 1. The lowest BCUT2D eigenvalue weighted by Gasteiger charge is -2.38. The van der Waals surface area contributed by atoms with Crippen molar-refractivity contribution in [2.45, 2.75) is 96.5 Å². The van der Waals surface area contributed by atoms with E-state index in [4.69, 9.17) is 14.0 Å². The summed E-state index contributed by atoms with van der Waals surface area (Å²) in [5.41, 5.74) is 0.199. The van der Waals surface area contributed by atoms with Crippen molar-refractivity contribution in [3.63, 3.8) is 0 Å². The highest BCUT2D eigenvalue weighted by Gasteiger charge is 2.54. The fraction of sp³-hybridized carbons (Fsp3) is 0.842. The third-order valence-electron chi connectivity index (χ3n) is 5.87. The van der Waals surface area contributed by atoms with E-state index in [0.29, 0.717) is 6.54 Å². The van der Waals surface area contributed by atoms with Gasteiger partial charge in [-0.05, 0) is 74.1 Å². The first-order valence-electron chi connectivity index (χ1n) is 9.40. The lowest BCUT2D eigenvalue weighted by Crippen LogP contribution is -2.48. The predicted octanol–water partition coefficient (Wildman–Crippen LogP) is 4.11. The number of carbonyl (C=O) groups is 1. The molecule has 0 bridgehead atoms. The standard InChI is InChI=1S/C19H32BNO4/c1-16(2,3)23-15(22)21-11-8-14(12-19(21)9-10-19)13-20-24-17(4,5)18(6,7)25-20/h13H,8-12H2,1-7H3/b14-13-. The molecule has 0 atom stereocenters. The van der Waals surface area contributed by atoms with Crippen LogP contribution in [-0.4, -0.2) is 47.0 Å². The molecule has 25 heavy (non-hydrogen) atoms. The molecule has 1 saturated carbocycles. The van der Waals surface area contributed by atoms with E-state index >= 15 is 0 Å². The summed E-state index contributed by atoms with van der Waals surface area (Å²) >= 11 is 0. The molecule has 0 unspecified atom stereocenters. The van der Waals surface area contributed by atoms with E-state index in [1.165, 1.54) is 5.57 Å². The highest BCUT2D eigenvalue weighted by molar-refractivity contribution is 6.51. The molecule has 3 rings (SSSR count). The summed E-state index contributed by atoms with van der Waals surface area (Å²) in [6.45, 7) is 14.7. The van der Waals surface area contributed by atoms with Crippen LogP contribution in [-0.2, 0) is 14.0 Å². The number of amides is 1. The average Bonchev–Trinajstić information content (AvgIpc) is 3.10. The molecule has 0 aromatic rings. The zero-order valence-corrected chi connectivity index (χ0v) is 16.8. The molecular formula is C19H32BNO4. The molecule has 3 aliphatic rings. The van der Waals surface area contributed by atoms with E-state index in [0.717, 1.165) is 25.7 Å². The van der Waals surface area contributed by atoms with Crippen LogP contribution in [0.1, 0.15) is 74.1 Å². The molecule has 0 aromatic carbocycles. The molecule has 6 heteroatoms. The second-order valence-corrected chi connectivity index (χ2v) is 9.73. The predicted molar refractivity (Wildman–Crippen MR) is 98.3 cm³/mol. The molecule has 0 aromatic heterocycles. The quantitative estimate of drug-likeness (QED) is 0.669. The van der Waals surface area contributed by atoms with Crippen LogP contribution < -0.4 is 0 Å². The van der Waals surface area contributed by atoms with Crippen LogP contribution in [0.2, 0.25) is 0 Å². The number of carbonyl (C=O) groups excluding carboxylic acids is 1. The summed E-state index contributed by atoms with van der Waals surface area (Å²) in [5.74, 6) is 2.13. The number of ether oxygens (including phenoxy) is 1. The molecule has 2 saturated heterocycles. The molecule has 0 radical (unpaired) electrons. The Bertz CT molecular complexity index is 571. The molecule has 2 heterocycles. The van der Waals surface area contributed by atoms with E-state index in [1.54, 1.807) is 0 Å². The van der Waals surface area contributed by atoms with E-state index in [9.17, 15) is 4.79 Å². The van der Waals surface area contributed by atoms with E-state index in [2.05, 4.69) is 33.7 Å². The summed E-state index contributed by atoms with van der Waals surface area (Å²) in [4.78, 5) is 14.5. The van der Waals surface area contributed by atoms with Crippen molar-refractivity contribution in [2.75, 3.05) is 6.54 Å². The van der Waals surface area contributed by atoms with Gasteiger partial charge in [-0.15, -0.1) is 0 Å². The largest absolute Gasteiger partial charge is 0.487 e. The number of rotatable bonds is 1. The van der Waals surface area contributed by atoms with Crippen LogP contribution >= 0.6 is 0 Å². The van der Waals surface area contributed by atoms with Crippen molar-refractivity contribution in [3.8, 4) is 0 Å². The van der Waals surface area contributed by atoms with Gasteiger partial charge < -0.3 is 18.9 Å². The molecule has 1 aliphatic carbocycles. The second kappa shape index (κ2) is 5.75. The van der Waals surface area contributed by atoms with Crippen molar-refractivity contribution < 1.29 is 18.8 Å². The summed E-state index contributed by atoms with van der Waals surface area (Å²) < 4.78 is 17.8. The topological polar surface area (TPSA) is 48.0 Å². The minimum atomic E-state index is -0.452. The Morgan fingerprint density at radius 1 is 1.16 bits per heavy atom. The first-order chi connectivity index (χ1) is 11.3. The van der Waals surface area contributed by atoms with Gasteiger partial charge in [0.25, 0.3) is 0 Å². The number of piperidine rings is 1. The lowest BCUT2D eigenvalue weighted by atomic mass is 9.82. The highest BCUT2D eigenvalue weighted by Crippen LogP contribution is 2.50. The molecule has 3 fully saturated rings. The van der Waals surface area contributed by atoms with Crippen LogP contribution in [0.25, 0.3) is 0 Å². The van der Waals surface area contributed by atoms with Gasteiger partial charge in [-0.2, -0.15) is 0 Å². The van der Waals surface area contributed by atoms with Crippen LogP contribution in [0.3, 0.4) is 0 Å². The molecule has 0 N–H and O–H groups in total. The van der Waals surface area contributed by atoms with Crippen molar-refractivity contribution in [2.24, 2.45) is 0 Å². The van der Waals surface area contributed by atoms with E-state index in [-0.39, 0.29) is 30.0 Å². The molecule has 140 valence electrons. The van der Waals surface area contributed by atoms with Gasteiger partial charge in [0.05, 0.1) is 16.7 Å². The third-order valence-corrected chi connectivity index (χ3v) is 5.87. The molecule has 2 aliphatic heterocycles. The molecular weight excluding hydrogens is 317 g/mol. The minimum absolute atomic E-state index is 0.0456. The molecule has 1 spiro atoms. The van der Waals surface area contributed by atoms with Gasteiger partial charge in [0, 0.05) is 6.54 Å². The Balaban J connectivity index is 1.67. The molecule has 1 amide bonds. The lowest BCUT2D eigenvalue weighted by molar-refractivity contribution is 0.00578. The fourth-order valence-electron chi connectivity index (χ4n) is 3.58. The van der Waals surface area contributed by atoms with Gasteiger partial charge in [-0.1, -0.05) is 11.5 Å². The van der Waals surface area contributed by atoms with Crippen LogP contribution in [0.4, 0.5) is 4.79 Å². The van der Waals surface area contributed by atoms with Gasteiger partial charge in [0.1, 0.15) is 5.60 Å². The van der Waals surface area contributed by atoms with Crippen molar-refractivity contribution >= 4 is 13.2 Å². The summed E-state index contributed by atoms with van der Waals surface area (Å²) in [6, 6.07) is 0. The number of hydrogen-bond acceptors (Lipinski definition) is 4. The Labute approximate surface area is 152 Å². The van der Waals surface area contributed by atoms with Crippen LogP contribution in [0, 0.1) is 0 Å². The van der Waals surface area contributed by atoms with Gasteiger partial charge in [0.2, 0.25) is 0 Å². The van der Waals surface area contributed by atoms with E-state index in [1.807, 2.05) is 25.7 Å². The summed E-state index contributed by atoms with van der Waals surface area (Å²) in [5, 5.41) is 0. The van der Waals surface area contributed by atoms with Crippen molar-refractivity contribution in [3.05, 3.63) is 11.5 Å². The highest BCUT2D eigenvalue weighted by atomic mass is 16.7. The monoisotopic (exact) mass is 349 g/mol. The van der Waals surface area contributed by atoms with Gasteiger partial charge in [-0.25, -0.2) is 4.79 Å². The van der Waals surface area contributed by atoms with Crippen LogP contribution in [0.5, 0.6) is 0 Å². The van der Waals surface area contributed by atoms with Crippen molar-refractivity contribution in [1.29, 1.82) is 0 Å². The minimum Gasteiger partial charge on any atom is -0.444 e. The first kappa shape index (κ1) is 18.8. The third kappa shape index (κ3) is 3.75. The van der Waals surface area contributed by atoms with Gasteiger partial charge >= 0.3 is 13.2 Å². The Morgan fingerprint density at radius 2 is 1.72 bits per heavy atom. The summed E-state index contributed by atoms with van der Waals surface area (Å²) in [6.07, 6.45) is 3.67. The van der Waals surface area contributed by atoms with Crippen LogP contribution in [0.15, 0.2) is 11.5 Å². The fourth-order valence-corrected chi connectivity index (χ4v) is 3.58. The van der Waals surface area contributed by atoms with Crippen molar-refractivity contribution in [1.82, 2.24) is 4.90 Å². The SMILES string of the molecule is CC(C)(C)OC(=O)N1CC/C(=C/B2OC(C)(C)C(C)(C)O2)CC12CC2. The molecule has 5 nitrogen and oxygen atoms in total. The maximum Gasteiger partial charge on any atom is 0.487 e. The number of nitrogens with zero attached hydrogens (tertiary/aromatic N) is 1. The Kier molecular flexibility index (Phi) is 4.32. The average molecular weight is 349 g/mol. The maximum absolute atomic E-state index is 12.5. The zero-order chi connectivity index (χ0) is 18.7. The van der Waals surface area contributed by atoms with Gasteiger partial charge in [-0.3, -0.25) is 0 Å². The Hall–Kier alpha value is -1.01.